The molecule has 2 nitrogen and oxygen atoms in total. The maximum atomic E-state index is 3.64. The molecule has 100 valence electrons. The van der Waals surface area contributed by atoms with E-state index in [2.05, 4.69) is 65.8 Å². The van der Waals surface area contributed by atoms with E-state index in [0.29, 0.717) is 0 Å². The molecule has 1 aliphatic heterocycles. The van der Waals surface area contributed by atoms with Gasteiger partial charge in [0, 0.05) is 23.1 Å². The largest absolute Gasteiger partial charge is 0.357 e. The van der Waals surface area contributed by atoms with Gasteiger partial charge in [0.15, 0.2) is 0 Å². The minimum Gasteiger partial charge on any atom is -0.357 e. The molecule has 0 spiro atoms. The van der Waals surface area contributed by atoms with Crippen molar-refractivity contribution in [2.75, 3.05) is 6.54 Å². The van der Waals surface area contributed by atoms with E-state index >= 15 is 0 Å². The van der Waals surface area contributed by atoms with Crippen molar-refractivity contribution in [2.45, 2.75) is 19.4 Å². The van der Waals surface area contributed by atoms with Gasteiger partial charge in [-0.05, 0) is 36.6 Å². The highest BCUT2D eigenvalue weighted by Gasteiger charge is 2.24. The topological polar surface area (TPSA) is 27.8 Å². The van der Waals surface area contributed by atoms with Crippen LogP contribution in [0, 0.1) is 6.92 Å². The van der Waals surface area contributed by atoms with Crippen molar-refractivity contribution in [2.24, 2.45) is 0 Å². The molecular weight excluding hydrogens is 244 g/mol. The van der Waals surface area contributed by atoms with E-state index < -0.39 is 0 Å². The lowest BCUT2D eigenvalue weighted by molar-refractivity contribution is 0.560. The highest BCUT2D eigenvalue weighted by Crippen LogP contribution is 2.33. The fourth-order valence-corrected chi connectivity index (χ4v) is 3.27. The van der Waals surface area contributed by atoms with Crippen LogP contribution in [0.25, 0.3) is 10.9 Å². The second-order valence-corrected chi connectivity index (χ2v) is 5.61. The molecule has 1 aliphatic rings. The summed E-state index contributed by atoms with van der Waals surface area (Å²) >= 11 is 0. The van der Waals surface area contributed by atoms with E-state index in [1.165, 1.54) is 33.3 Å². The Balaban J connectivity index is 1.91. The van der Waals surface area contributed by atoms with E-state index in [4.69, 9.17) is 0 Å². The number of hydrogen-bond donors (Lipinski definition) is 2. The molecule has 0 saturated carbocycles. The van der Waals surface area contributed by atoms with Crippen molar-refractivity contribution in [1.29, 1.82) is 0 Å². The van der Waals surface area contributed by atoms with Gasteiger partial charge in [0.25, 0.3) is 0 Å². The number of aromatic amines is 1. The molecule has 0 amide bonds. The molecule has 20 heavy (non-hydrogen) atoms. The van der Waals surface area contributed by atoms with Gasteiger partial charge < -0.3 is 10.3 Å². The van der Waals surface area contributed by atoms with Gasteiger partial charge in [-0.25, -0.2) is 0 Å². The molecule has 2 aromatic carbocycles. The first kappa shape index (κ1) is 11.7. The van der Waals surface area contributed by atoms with Crippen LogP contribution in [-0.2, 0) is 6.42 Å². The molecule has 1 unspecified atom stereocenters. The molecular formula is C18H18N2. The lowest BCUT2D eigenvalue weighted by Gasteiger charge is -2.24. The van der Waals surface area contributed by atoms with Gasteiger partial charge in [-0.3, -0.25) is 0 Å². The summed E-state index contributed by atoms with van der Waals surface area (Å²) in [5, 5.41) is 5.03. The Hall–Kier alpha value is -2.06. The van der Waals surface area contributed by atoms with Crippen molar-refractivity contribution >= 4 is 10.9 Å². The maximum absolute atomic E-state index is 3.64. The molecule has 1 atom stereocenters. The number of aryl methyl sites for hydroxylation is 1. The smallest absolute Gasteiger partial charge is 0.0732 e. The number of benzene rings is 2. The van der Waals surface area contributed by atoms with Crippen LogP contribution < -0.4 is 5.32 Å². The van der Waals surface area contributed by atoms with Crippen LogP contribution in [0.2, 0.25) is 0 Å². The lowest BCUT2D eigenvalue weighted by atomic mass is 9.94. The summed E-state index contributed by atoms with van der Waals surface area (Å²) < 4.78 is 0. The fraction of sp³-hybridized carbons (Fsp3) is 0.222. The van der Waals surface area contributed by atoms with Gasteiger partial charge in [-0.1, -0.05) is 42.0 Å². The number of nitrogens with one attached hydrogen (secondary N) is 2. The summed E-state index contributed by atoms with van der Waals surface area (Å²) in [6.45, 7) is 3.20. The van der Waals surface area contributed by atoms with E-state index in [1.54, 1.807) is 0 Å². The molecule has 0 fully saturated rings. The first-order valence-electron chi connectivity index (χ1n) is 7.22. The third-order valence-corrected chi connectivity index (χ3v) is 4.24. The molecule has 4 rings (SSSR count). The highest BCUT2D eigenvalue weighted by molar-refractivity contribution is 5.86. The molecule has 3 aromatic rings. The van der Waals surface area contributed by atoms with Crippen molar-refractivity contribution in [3.05, 3.63) is 70.9 Å². The number of aromatic nitrogens is 1. The van der Waals surface area contributed by atoms with Gasteiger partial charge in [0.2, 0.25) is 0 Å². The third-order valence-electron chi connectivity index (χ3n) is 4.24. The van der Waals surface area contributed by atoms with Crippen LogP contribution in [0.5, 0.6) is 0 Å². The third kappa shape index (κ3) is 1.76. The van der Waals surface area contributed by atoms with Crippen LogP contribution in [-0.4, -0.2) is 11.5 Å². The minimum absolute atomic E-state index is 0.285. The van der Waals surface area contributed by atoms with Crippen molar-refractivity contribution in [3.63, 3.8) is 0 Å². The fourth-order valence-electron chi connectivity index (χ4n) is 3.27. The van der Waals surface area contributed by atoms with Gasteiger partial charge in [-0.2, -0.15) is 0 Å². The molecule has 0 aliphatic carbocycles. The normalized spacial score (nSPS) is 18.1. The SMILES string of the molecule is Cc1ccc2[nH]c3c(c2c1)CCNC3c1ccccc1. The number of rotatable bonds is 1. The Labute approximate surface area is 118 Å². The van der Waals surface area contributed by atoms with E-state index in [0.717, 1.165) is 13.0 Å². The zero-order valence-corrected chi connectivity index (χ0v) is 11.6. The zero-order chi connectivity index (χ0) is 13.5. The van der Waals surface area contributed by atoms with Crippen LogP contribution in [0.1, 0.15) is 28.4 Å². The quantitative estimate of drug-likeness (QED) is 0.687. The molecule has 0 saturated heterocycles. The zero-order valence-electron chi connectivity index (χ0n) is 11.6. The van der Waals surface area contributed by atoms with E-state index in [-0.39, 0.29) is 6.04 Å². The highest BCUT2D eigenvalue weighted by atomic mass is 15.0. The molecule has 2 heterocycles. The number of H-pyrrole nitrogens is 1. The van der Waals surface area contributed by atoms with Crippen LogP contribution in [0.3, 0.4) is 0 Å². The van der Waals surface area contributed by atoms with E-state index in [9.17, 15) is 0 Å². The predicted octanol–water partition coefficient (Wildman–Crippen LogP) is 3.71. The Kier molecular flexibility index (Phi) is 2.64. The van der Waals surface area contributed by atoms with Crippen LogP contribution >= 0.6 is 0 Å². The summed E-state index contributed by atoms with van der Waals surface area (Å²) in [6, 6.07) is 17.6. The van der Waals surface area contributed by atoms with Crippen molar-refractivity contribution in [3.8, 4) is 0 Å². The first-order valence-corrected chi connectivity index (χ1v) is 7.22. The Morgan fingerprint density at radius 1 is 1.05 bits per heavy atom. The summed E-state index contributed by atoms with van der Waals surface area (Å²) in [7, 11) is 0. The summed E-state index contributed by atoms with van der Waals surface area (Å²) in [5.41, 5.74) is 6.73. The Morgan fingerprint density at radius 2 is 1.90 bits per heavy atom. The number of hydrogen-bond acceptors (Lipinski definition) is 1. The molecule has 2 heteroatoms. The van der Waals surface area contributed by atoms with Crippen molar-refractivity contribution < 1.29 is 0 Å². The standard InChI is InChI=1S/C18H18N2/c1-12-7-8-16-15(11-12)14-9-10-19-17(18(14)20-16)13-5-3-2-4-6-13/h2-8,11,17,19-20H,9-10H2,1H3. The van der Waals surface area contributed by atoms with Gasteiger partial charge in [0.1, 0.15) is 0 Å². The van der Waals surface area contributed by atoms with Crippen LogP contribution in [0.4, 0.5) is 0 Å². The van der Waals surface area contributed by atoms with E-state index in [1.807, 2.05) is 0 Å². The average molecular weight is 262 g/mol. The number of fused-ring (bicyclic) bond motifs is 3. The summed E-state index contributed by atoms with van der Waals surface area (Å²) in [6.07, 6.45) is 1.10. The molecule has 2 N–H and O–H groups in total. The van der Waals surface area contributed by atoms with Gasteiger partial charge in [-0.15, -0.1) is 0 Å². The predicted molar refractivity (Wildman–Crippen MR) is 83.0 cm³/mol. The van der Waals surface area contributed by atoms with Gasteiger partial charge in [0.05, 0.1) is 6.04 Å². The molecule has 0 bridgehead atoms. The Morgan fingerprint density at radius 3 is 2.75 bits per heavy atom. The second kappa shape index (κ2) is 4.50. The summed E-state index contributed by atoms with van der Waals surface area (Å²) in [5.74, 6) is 0. The maximum Gasteiger partial charge on any atom is 0.0732 e. The molecule has 1 aromatic heterocycles. The minimum atomic E-state index is 0.285. The monoisotopic (exact) mass is 262 g/mol. The lowest BCUT2D eigenvalue weighted by Crippen LogP contribution is -2.30. The van der Waals surface area contributed by atoms with Crippen LogP contribution in [0.15, 0.2) is 48.5 Å². The van der Waals surface area contributed by atoms with Crippen molar-refractivity contribution in [1.82, 2.24) is 10.3 Å². The first-order chi connectivity index (χ1) is 9.83. The van der Waals surface area contributed by atoms with Gasteiger partial charge >= 0.3 is 0 Å². The Bertz CT molecular complexity index is 756. The molecule has 0 radical (unpaired) electrons. The second-order valence-electron chi connectivity index (χ2n) is 5.61. The summed E-state index contributed by atoms with van der Waals surface area (Å²) in [4.78, 5) is 3.63. The average Bonchev–Trinajstić information content (AvgIpc) is 2.86.